The van der Waals surface area contributed by atoms with Crippen LogP contribution >= 0.6 is 0 Å². The first-order valence-corrected chi connectivity index (χ1v) is 5.13. The van der Waals surface area contributed by atoms with Gasteiger partial charge in [-0.1, -0.05) is 19.8 Å². The van der Waals surface area contributed by atoms with Crippen molar-refractivity contribution in [3.8, 4) is 0 Å². The number of carboxylic acid groups (broad SMARTS) is 2. The largest absolute Gasteiger partial charge is 0.480 e. The fourth-order valence-corrected chi connectivity index (χ4v) is 0.548. The van der Waals surface area contributed by atoms with Crippen LogP contribution in [0.2, 0.25) is 0 Å². The highest BCUT2D eigenvalue weighted by Crippen LogP contribution is 1.97. The van der Waals surface area contributed by atoms with Crippen LogP contribution in [0, 0.1) is 0 Å². The van der Waals surface area contributed by atoms with E-state index in [1.54, 1.807) is 0 Å². The SMILES string of the molecule is CC(C)(N)C(=O)O.CCCC[C@H](N)C(=O)O. The summed E-state index contributed by atoms with van der Waals surface area (Å²) < 4.78 is 0. The second kappa shape index (κ2) is 8.06. The van der Waals surface area contributed by atoms with E-state index in [9.17, 15) is 9.59 Å². The van der Waals surface area contributed by atoms with Crippen molar-refractivity contribution in [2.45, 2.75) is 51.6 Å². The van der Waals surface area contributed by atoms with Crippen molar-refractivity contribution in [3.63, 3.8) is 0 Å². The third-order valence-corrected chi connectivity index (χ3v) is 1.74. The number of rotatable bonds is 5. The Labute approximate surface area is 95.6 Å². The maximum Gasteiger partial charge on any atom is 0.323 e. The highest BCUT2D eigenvalue weighted by Gasteiger charge is 2.19. The van der Waals surface area contributed by atoms with E-state index >= 15 is 0 Å². The monoisotopic (exact) mass is 234 g/mol. The molecule has 0 radical (unpaired) electrons. The molecule has 0 aliphatic heterocycles. The molecule has 1 atom stereocenters. The van der Waals surface area contributed by atoms with Crippen LogP contribution in [-0.4, -0.2) is 33.7 Å². The average Bonchev–Trinajstić information content (AvgIpc) is 2.13. The predicted molar refractivity (Wildman–Crippen MR) is 61.0 cm³/mol. The van der Waals surface area contributed by atoms with Crippen LogP contribution in [0.3, 0.4) is 0 Å². The van der Waals surface area contributed by atoms with Crippen LogP contribution in [0.4, 0.5) is 0 Å². The molecule has 6 N–H and O–H groups in total. The summed E-state index contributed by atoms with van der Waals surface area (Å²) >= 11 is 0. The molecule has 0 aromatic rings. The summed E-state index contributed by atoms with van der Waals surface area (Å²) in [5, 5.41) is 16.4. The molecular weight excluding hydrogens is 212 g/mol. The first kappa shape index (κ1) is 17.3. The highest BCUT2D eigenvalue weighted by molar-refractivity contribution is 5.77. The Morgan fingerprint density at radius 2 is 1.69 bits per heavy atom. The number of hydrogen-bond acceptors (Lipinski definition) is 4. The number of carboxylic acids is 2. The van der Waals surface area contributed by atoms with E-state index in [-0.39, 0.29) is 0 Å². The van der Waals surface area contributed by atoms with Gasteiger partial charge in [0.05, 0.1) is 0 Å². The minimum absolute atomic E-state index is 0.589. The quantitative estimate of drug-likeness (QED) is 0.545. The lowest BCUT2D eigenvalue weighted by Crippen LogP contribution is -2.41. The number of aliphatic carboxylic acids is 2. The molecule has 0 aromatic heterocycles. The van der Waals surface area contributed by atoms with Crippen molar-refractivity contribution in [3.05, 3.63) is 0 Å². The lowest BCUT2D eigenvalue weighted by Gasteiger charge is -2.09. The summed E-state index contributed by atoms with van der Waals surface area (Å²) in [7, 11) is 0. The van der Waals surface area contributed by atoms with E-state index in [0.717, 1.165) is 12.8 Å². The molecular formula is C10H22N2O4. The van der Waals surface area contributed by atoms with Gasteiger partial charge in [0, 0.05) is 0 Å². The lowest BCUT2D eigenvalue weighted by molar-refractivity contribution is -0.142. The summed E-state index contributed by atoms with van der Waals surface area (Å²) in [5.41, 5.74) is 9.20. The summed E-state index contributed by atoms with van der Waals surface area (Å²) in [6.45, 7) is 4.89. The van der Waals surface area contributed by atoms with Gasteiger partial charge in [-0.25, -0.2) is 0 Å². The molecule has 0 fully saturated rings. The number of unbranched alkanes of at least 4 members (excludes halogenated alkanes) is 1. The molecule has 6 heteroatoms. The summed E-state index contributed by atoms with van der Waals surface area (Å²) in [6.07, 6.45) is 2.49. The van der Waals surface area contributed by atoms with E-state index in [1.165, 1.54) is 13.8 Å². The van der Waals surface area contributed by atoms with Crippen molar-refractivity contribution in [2.75, 3.05) is 0 Å². The molecule has 96 valence electrons. The highest BCUT2D eigenvalue weighted by atomic mass is 16.4. The Kier molecular flexibility index (Phi) is 8.70. The van der Waals surface area contributed by atoms with Crippen LogP contribution < -0.4 is 11.5 Å². The van der Waals surface area contributed by atoms with E-state index in [4.69, 9.17) is 21.7 Å². The van der Waals surface area contributed by atoms with Gasteiger partial charge >= 0.3 is 11.9 Å². The zero-order valence-corrected chi connectivity index (χ0v) is 10.1. The first-order chi connectivity index (χ1) is 7.12. The van der Waals surface area contributed by atoms with Gasteiger partial charge in [0.2, 0.25) is 0 Å². The first-order valence-electron chi connectivity index (χ1n) is 5.13. The summed E-state index contributed by atoms with van der Waals surface area (Å²) in [5.74, 6) is -1.88. The minimum atomic E-state index is -1.08. The van der Waals surface area contributed by atoms with Crippen LogP contribution in [0.1, 0.15) is 40.0 Å². The normalized spacial score (nSPS) is 12.3. The minimum Gasteiger partial charge on any atom is -0.480 e. The number of nitrogens with two attached hydrogens (primary N) is 2. The smallest absolute Gasteiger partial charge is 0.323 e. The van der Waals surface area contributed by atoms with E-state index in [0.29, 0.717) is 6.42 Å². The van der Waals surface area contributed by atoms with Crippen molar-refractivity contribution in [1.82, 2.24) is 0 Å². The molecule has 0 spiro atoms. The number of hydrogen-bond donors (Lipinski definition) is 4. The molecule has 0 saturated heterocycles. The molecule has 0 rings (SSSR count). The predicted octanol–water partition coefficient (Wildman–Crippen LogP) is 0.397. The van der Waals surface area contributed by atoms with Crippen LogP contribution in [-0.2, 0) is 9.59 Å². The number of carbonyl (C=O) groups is 2. The van der Waals surface area contributed by atoms with Gasteiger partial charge in [0.25, 0.3) is 0 Å². The maximum atomic E-state index is 10.1. The van der Waals surface area contributed by atoms with E-state index < -0.39 is 23.5 Å². The lowest BCUT2D eigenvalue weighted by atomic mass is 10.1. The Morgan fingerprint density at radius 1 is 1.31 bits per heavy atom. The van der Waals surface area contributed by atoms with Crippen LogP contribution in [0.25, 0.3) is 0 Å². The van der Waals surface area contributed by atoms with Crippen molar-refractivity contribution < 1.29 is 19.8 Å². The van der Waals surface area contributed by atoms with Crippen molar-refractivity contribution >= 4 is 11.9 Å². The van der Waals surface area contributed by atoms with E-state index in [1.807, 2.05) is 6.92 Å². The Hall–Kier alpha value is -1.14. The standard InChI is InChI=1S/C6H13NO2.C4H9NO2/c1-2-3-4-5(7)6(8)9;1-4(2,5)3(6)7/h5H,2-4,7H2,1H3,(H,8,9);5H2,1-2H3,(H,6,7)/t5-;/m0./s1. The van der Waals surface area contributed by atoms with Crippen molar-refractivity contribution in [1.29, 1.82) is 0 Å². The molecule has 0 heterocycles. The summed E-state index contributed by atoms with van der Waals surface area (Å²) in [6, 6.07) is -0.662. The molecule has 0 bridgehead atoms. The molecule has 0 aliphatic carbocycles. The van der Waals surface area contributed by atoms with Gasteiger partial charge < -0.3 is 21.7 Å². The zero-order chi connectivity index (χ0) is 13.4. The molecule has 6 nitrogen and oxygen atoms in total. The molecule has 0 unspecified atom stereocenters. The Balaban J connectivity index is 0. The zero-order valence-electron chi connectivity index (χ0n) is 10.1. The van der Waals surface area contributed by atoms with Gasteiger partial charge in [-0.15, -0.1) is 0 Å². The molecule has 0 amide bonds. The maximum absolute atomic E-state index is 10.1. The molecule has 0 aromatic carbocycles. The van der Waals surface area contributed by atoms with Gasteiger partial charge in [0.15, 0.2) is 0 Å². The van der Waals surface area contributed by atoms with Crippen LogP contribution in [0.5, 0.6) is 0 Å². The van der Waals surface area contributed by atoms with E-state index in [2.05, 4.69) is 0 Å². The Morgan fingerprint density at radius 3 is 1.88 bits per heavy atom. The molecule has 0 aliphatic rings. The fourth-order valence-electron chi connectivity index (χ4n) is 0.548. The molecule has 0 saturated carbocycles. The second-order valence-corrected chi connectivity index (χ2v) is 4.11. The van der Waals surface area contributed by atoms with Crippen LogP contribution in [0.15, 0.2) is 0 Å². The Bertz CT molecular complexity index is 223. The van der Waals surface area contributed by atoms with Gasteiger partial charge in [-0.2, -0.15) is 0 Å². The second-order valence-electron chi connectivity index (χ2n) is 4.11. The summed E-state index contributed by atoms with van der Waals surface area (Å²) in [4.78, 5) is 20.0. The van der Waals surface area contributed by atoms with Gasteiger partial charge in [-0.05, 0) is 20.3 Å². The molecule has 16 heavy (non-hydrogen) atoms. The van der Waals surface area contributed by atoms with Crippen molar-refractivity contribution in [2.24, 2.45) is 11.5 Å². The third-order valence-electron chi connectivity index (χ3n) is 1.74. The fraction of sp³-hybridized carbons (Fsp3) is 0.800. The van der Waals surface area contributed by atoms with Gasteiger partial charge in [0.1, 0.15) is 11.6 Å². The van der Waals surface area contributed by atoms with Gasteiger partial charge in [-0.3, -0.25) is 9.59 Å². The average molecular weight is 234 g/mol. The topological polar surface area (TPSA) is 127 Å². The third kappa shape index (κ3) is 10.9.